The third-order valence-corrected chi connectivity index (χ3v) is 6.84. The number of ether oxygens (including phenoxy) is 1. The summed E-state index contributed by atoms with van der Waals surface area (Å²) < 4.78 is 5.85. The molecule has 0 aromatic heterocycles. The summed E-state index contributed by atoms with van der Waals surface area (Å²) in [4.78, 5) is 41.6. The molecule has 1 fully saturated rings. The maximum Gasteiger partial charge on any atom is 0.256 e. The first-order valence-electron chi connectivity index (χ1n) is 12.5. The van der Waals surface area contributed by atoms with Crippen molar-refractivity contribution >= 4 is 23.4 Å². The fraction of sp³-hybridized carbons (Fsp3) is 0.429. The number of hydrazone groups is 1. The minimum Gasteiger partial charge on any atom is -0.374 e. The summed E-state index contributed by atoms with van der Waals surface area (Å²) >= 11 is 0. The molecule has 2 aromatic rings. The Labute approximate surface area is 217 Å². The average molecular weight is 506 g/mol. The predicted molar refractivity (Wildman–Crippen MR) is 140 cm³/mol. The van der Waals surface area contributed by atoms with E-state index in [1.54, 1.807) is 25.8 Å². The van der Waals surface area contributed by atoms with Gasteiger partial charge in [0.25, 0.3) is 5.91 Å². The highest BCUT2D eigenvalue weighted by atomic mass is 16.5. The highest BCUT2D eigenvalue weighted by Crippen LogP contribution is 2.40. The number of nitrogens with zero attached hydrogens (tertiary/aromatic N) is 3. The molecule has 1 spiro atoms. The molecule has 196 valence electrons. The summed E-state index contributed by atoms with van der Waals surface area (Å²) in [5.74, 6) is -0.892. The van der Waals surface area contributed by atoms with E-state index in [1.807, 2.05) is 60.7 Å². The van der Waals surface area contributed by atoms with Crippen molar-refractivity contribution in [3.05, 3.63) is 71.8 Å². The van der Waals surface area contributed by atoms with E-state index < -0.39 is 22.9 Å². The zero-order valence-electron chi connectivity index (χ0n) is 21.6. The molecule has 0 bridgehead atoms. The zero-order chi connectivity index (χ0) is 26.6. The highest BCUT2D eigenvalue weighted by Gasteiger charge is 2.53. The van der Waals surface area contributed by atoms with Crippen LogP contribution in [0.15, 0.2) is 65.8 Å². The minimum absolute atomic E-state index is 0.0213. The molecule has 9 nitrogen and oxygen atoms in total. The number of hydrogen-bond acceptors (Lipinski definition) is 6. The Morgan fingerprint density at radius 1 is 1.14 bits per heavy atom. The monoisotopic (exact) mass is 505 g/mol. The van der Waals surface area contributed by atoms with E-state index in [0.29, 0.717) is 31.7 Å². The molecular formula is C28H35N5O4. The first-order chi connectivity index (χ1) is 17.6. The van der Waals surface area contributed by atoms with Crippen LogP contribution >= 0.6 is 0 Å². The number of hydrogen-bond donors (Lipinski definition) is 2. The molecule has 1 saturated heterocycles. The van der Waals surface area contributed by atoms with Gasteiger partial charge >= 0.3 is 0 Å². The lowest BCUT2D eigenvalue weighted by Crippen LogP contribution is -2.61. The smallest absolute Gasteiger partial charge is 0.256 e. The molecule has 2 atom stereocenters. The van der Waals surface area contributed by atoms with Crippen molar-refractivity contribution in [2.45, 2.75) is 44.9 Å². The lowest BCUT2D eigenvalue weighted by molar-refractivity contribution is -0.145. The minimum atomic E-state index is -1.17. The summed E-state index contributed by atoms with van der Waals surface area (Å²) in [5.41, 5.74) is 6.37. The lowest BCUT2D eigenvalue weighted by atomic mass is 9.73. The van der Waals surface area contributed by atoms with E-state index in [4.69, 9.17) is 10.5 Å². The molecule has 9 heteroatoms. The average Bonchev–Trinajstić information content (AvgIpc) is 3.13. The van der Waals surface area contributed by atoms with Crippen molar-refractivity contribution in [3.8, 4) is 0 Å². The molecule has 1 unspecified atom stereocenters. The number of piperidine rings is 1. The third-order valence-electron chi connectivity index (χ3n) is 6.84. The second-order valence-electron chi connectivity index (χ2n) is 10.3. The third kappa shape index (κ3) is 5.73. The van der Waals surface area contributed by atoms with Crippen LogP contribution in [-0.2, 0) is 25.7 Å². The SMILES string of the molecule is CN1N=C(c2ccccc2)C2(CCCN(C(=O)[C@@H](COCc3ccccc3)NC(=O)C(C)(C)N)C2)C1=O. The number of carbonyl (C=O) groups is 3. The Morgan fingerprint density at radius 2 is 1.78 bits per heavy atom. The van der Waals surface area contributed by atoms with Crippen molar-refractivity contribution in [2.24, 2.45) is 16.3 Å². The Kier molecular flexibility index (Phi) is 7.75. The number of nitrogens with two attached hydrogens (primary N) is 1. The molecule has 2 heterocycles. The summed E-state index contributed by atoms with van der Waals surface area (Å²) in [6, 6.07) is 18.2. The van der Waals surface area contributed by atoms with Gasteiger partial charge in [-0.3, -0.25) is 14.4 Å². The lowest BCUT2D eigenvalue weighted by Gasteiger charge is -2.41. The summed E-state index contributed by atoms with van der Waals surface area (Å²) in [6.45, 7) is 4.09. The molecule has 2 aliphatic heterocycles. The first kappa shape index (κ1) is 26.5. The van der Waals surface area contributed by atoms with Gasteiger partial charge in [-0.25, -0.2) is 5.01 Å². The van der Waals surface area contributed by atoms with Crippen LogP contribution in [-0.4, -0.2) is 71.7 Å². The van der Waals surface area contributed by atoms with Crippen molar-refractivity contribution in [3.63, 3.8) is 0 Å². The Balaban J connectivity index is 1.55. The van der Waals surface area contributed by atoms with Crippen LogP contribution in [0.4, 0.5) is 0 Å². The predicted octanol–water partition coefficient (Wildman–Crippen LogP) is 1.91. The van der Waals surface area contributed by atoms with Crippen LogP contribution in [0.3, 0.4) is 0 Å². The van der Waals surface area contributed by atoms with Crippen molar-refractivity contribution in [1.82, 2.24) is 15.2 Å². The van der Waals surface area contributed by atoms with Crippen LogP contribution in [0.1, 0.15) is 37.8 Å². The maximum atomic E-state index is 13.8. The molecule has 0 radical (unpaired) electrons. The van der Waals surface area contributed by atoms with Gasteiger partial charge in [-0.05, 0) is 37.8 Å². The number of carbonyl (C=O) groups excluding carboxylic acids is 3. The number of amides is 3. The first-order valence-corrected chi connectivity index (χ1v) is 12.5. The molecule has 0 aliphatic carbocycles. The Hall–Kier alpha value is -3.56. The van der Waals surface area contributed by atoms with E-state index in [1.165, 1.54) is 5.01 Å². The highest BCUT2D eigenvalue weighted by molar-refractivity contribution is 6.20. The van der Waals surface area contributed by atoms with Gasteiger partial charge in [-0.15, -0.1) is 0 Å². The van der Waals surface area contributed by atoms with Gasteiger partial charge < -0.3 is 20.7 Å². The van der Waals surface area contributed by atoms with Gasteiger partial charge in [-0.2, -0.15) is 5.10 Å². The molecule has 3 amide bonds. The molecular weight excluding hydrogens is 470 g/mol. The number of likely N-dealkylation sites (tertiary alicyclic amines) is 1. The van der Waals surface area contributed by atoms with Crippen LogP contribution < -0.4 is 11.1 Å². The summed E-state index contributed by atoms with van der Waals surface area (Å²) in [7, 11) is 1.64. The van der Waals surface area contributed by atoms with Gasteiger partial charge in [0.2, 0.25) is 11.8 Å². The second-order valence-corrected chi connectivity index (χ2v) is 10.3. The topological polar surface area (TPSA) is 117 Å². The van der Waals surface area contributed by atoms with Crippen LogP contribution in [0.2, 0.25) is 0 Å². The largest absolute Gasteiger partial charge is 0.374 e. The zero-order valence-corrected chi connectivity index (χ0v) is 21.6. The number of benzene rings is 2. The van der Waals surface area contributed by atoms with Crippen LogP contribution in [0.25, 0.3) is 0 Å². The molecule has 2 aromatic carbocycles. The molecule has 2 aliphatic rings. The normalized spacial score (nSPS) is 20.6. The molecule has 4 rings (SSSR count). The fourth-order valence-corrected chi connectivity index (χ4v) is 4.85. The van der Waals surface area contributed by atoms with E-state index in [0.717, 1.165) is 11.1 Å². The maximum absolute atomic E-state index is 13.8. The van der Waals surface area contributed by atoms with Gasteiger partial charge in [0, 0.05) is 20.1 Å². The van der Waals surface area contributed by atoms with Gasteiger partial charge in [0.1, 0.15) is 11.5 Å². The summed E-state index contributed by atoms with van der Waals surface area (Å²) in [5, 5.41) is 8.72. The number of nitrogens with one attached hydrogen (secondary N) is 1. The molecule has 3 N–H and O–H groups in total. The van der Waals surface area contributed by atoms with Crippen molar-refractivity contribution in [2.75, 3.05) is 26.7 Å². The molecule has 37 heavy (non-hydrogen) atoms. The van der Waals surface area contributed by atoms with Gasteiger partial charge in [0.15, 0.2) is 0 Å². The summed E-state index contributed by atoms with van der Waals surface area (Å²) in [6.07, 6.45) is 1.22. The van der Waals surface area contributed by atoms with E-state index in [2.05, 4.69) is 10.4 Å². The Bertz CT molecular complexity index is 1160. The van der Waals surface area contributed by atoms with E-state index in [9.17, 15) is 14.4 Å². The van der Waals surface area contributed by atoms with Gasteiger partial charge in [0.05, 0.1) is 24.5 Å². The quantitative estimate of drug-likeness (QED) is 0.568. The van der Waals surface area contributed by atoms with E-state index in [-0.39, 0.29) is 25.0 Å². The van der Waals surface area contributed by atoms with Crippen LogP contribution in [0.5, 0.6) is 0 Å². The second kappa shape index (κ2) is 10.8. The number of rotatable bonds is 8. The van der Waals surface area contributed by atoms with Crippen molar-refractivity contribution in [1.29, 1.82) is 0 Å². The van der Waals surface area contributed by atoms with Crippen LogP contribution in [0, 0.1) is 5.41 Å². The Morgan fingerprint density at radius 3 is 2.43 bits per heavy atom. The molecule has 0 saturated carbocycles. The standard InChI is InChI=1S/C28H35N5O4/c1-27(2,29)25(35)30-22(18-37-17-20-11-6-4-7-12-20)24(34)33-16-10-15-28(19-33)23(31-32(3)26(28)36)21-13-8-5-9-14-21/h4-9,11-14,22H,10,15-19,29H2,1-3H3,(H,30,35)/t22-,28?/m1/s1. The van der Waals surface area contributed by atoms with Gasteiger partial charge in [-0.1, -0.05) is 60.7 Å². The fourth-order valence-electron chi connectivity index (χ4n) is 4.85. The van der Waals surface area contributed by atoms with E-state index >= 15 is 0 Å². The van der Waals surface area contributed by atoms with Crippen molar-refractivity contribution < 1.29 is 19.1 Å².